The molecule has 3 aromatic rings. The second-order valence-electron chi connectivity index (χ2n) is 5.39. The maximum Gasteiger partial charge on any atom is 0.342 e. The Balaban J connectivity index is 1.79. The standard InChI is InChI=1S/C18H18N4S2/c1-3-21-13-9-5-7-11-15(13)23-17(21)19-20-18-22(4-2)14-10-6-8-12-16(14)24-18/h5-12H,3-4H2,1-2H3/q+1/b19-17-,20-18+. The molecule has 0 saturated heterocycles. The Morgan fingerprint density at radius 1 is 1.00 bits per heavy atom. The maximum atomic E-state index is 4.58. The number of amidine groups is 1. The molecule has 2 heterocycles. The number of rotatable bonds is 3. The molecule has 0 atom stereocenters. The van der Waals surface area contributed by atoms with Crippen molar-refractivity contribution in [3.8, 4) is 0 Å². The van der Waals surface area contributed by atoms with Crippen LogP contribution in [-0.2, 0) is 6.54 Å². The van der Waals surface area contributed by atoms with Crippen LogP contribution < -0.4 is 9.70 Å². The topological polar surface area (TPSA) is 35.5 Å². The number of aryl methyl sites for hydroxylation is 1. The Hall–Kier alpha value is -1.89. The van der Waals surface area contributed by atoms with Crippen LogP contribution in [0.1, 0.15) is 13.8 Å². The van der Waals surface area contributed by atoms with E-state index >= 15 is 0 Å². The Kier molecular flexibility index (Phi) is 4.26. The van der Waals surface area contributed by atoms with Crippen molar-refractivity contribution in [3.05, 3.63) is 53.3 Å². The molecule has 6 heteroatoms. The second-order valence-corrected chi connectivity index (χ2v) is 7.41. The molecule has 0 amide bonds. The first-order valence-corrected chi connectivity index (χ1v) is 9.69. The van der Waals surface area contributed by atoms with E-state index in [4.69, 9.17) is 0 Å². The van der Waals surface area contributed by atoms with E-state index in [9.17, 15) is 0 Å². The third kappa shape index (κ3) is 2.60. The third-order valence-electron chi connectivity index (χ3n) is 4.03. The number of hydrogen-bond donors (Lipinski definition) is 0. The molecule has 0 N–H and O–H groups in total. The summed E-state index contributed by atoms with van der Waals surface area (Å²) in [4.78, 5) is 4.40. The van der Waals surface area contributed by atoms with Crippen molar-refractivity contribution in [2.24, 2.45) is 10.2 Å². The van der Waals surface area contributed by atoms with Crippen molar-refractivity contribution in [1.82, 2.24) is 9.47 Å². The predicted molar refractivity (Wildman–Crippen MR) is 103 cm³/mol. The van der Waals surface area contributed by atoms with Crippen molar-refractivity contribution in [2.75, 3.05) is 6.54 Å². The average Bonchev–Trinajstić information content (AvgIpc) is 3.16. The van der Waals surface area contributed by atoms with E-state index in [0.29, 0.717) is 0 Å². The first-order valence-electron chi connectivity index (χ1n) is 8.06. The summed E-state index contributed by atoms with van der Waals surface area (Å²) in [6, 6.07) is 16.8. The molecule has 1 aliphatic rings. The van der Waals surface area contributed by atoms with Gasteiger partial charge in [-0.25, -0.2) is 0 Å². The largest absolute Gasteiger partial charge is 0.342 e. The van der Waals surface area contributed by atoms with Crippen LogP contribution in [-0.4, -0.2) is 16.3 Å². The fraction of sp³-hybridized carbons (Fsp3) is 0.222. The lowest BCUT2D eigenvalue weighted by Gasteiger charge is -2.00. The number of anilines is 1. The predicted octanol–water partition coefficient (Wildman–Crippen LogP) is 4.49. The normalized spacial score (nSPS) is 17.1. The molecular weight excluding hydrogens is 336 g/mol. The number of fused-ring (bicyclic) bond motifs is 2. The van der Waals surface area contributed by atoms with Gasteiger partial charge in [0.2, 0.25) is 10.5 Å². The van der Waals surface area contributed by atoms with Gasteiger partial charge in [-0.1, -0.05) is 45.6 Å². The fourth-order valence-corrected chi connectivity index (χ4v) is 4.98. The van der Waals surface area contributed by atoms with Crippen LogP contribution in [0.5, 0.6) is 0 Å². The van der Waals surface area contributed by atoms with Gasteiger partial charge in [-0.2, -0.15) is 0 Å². The van der Waals surface area contributed by atoms with Gasteiger partial charge in [0, 0.05) is 24.4 Å². The van der Waals surface area contributed by atoms with E-state index in [0.717, 1.165) is 23.1 Å². The van der Waals surface area contributed by atoms with E-state index in [2.05, 4.69) is 82.0 Å². The van der Waals surface area contributed by atoms with Crippen molar-refractivity contribution < 1.29 is 0 Å². The lowest BCUT2D eigenvalue weighted by Crippen LogP contribution is -2.25. The first-order chi connectivity index (χ1) is 11.8. The zero-order chi connectivity index (χ0) is 16.5. The Labute approximate surface area is 149 Å². The van der Waals surface area contributed by atoms with Crippen molar-refractivity contribution in [3.63, 3.8) is 0 Å². The summed E-state index contributed by atoms with van der Waals surface area (Å²) >= 11 is 3.37. The third-order valence-corrected chi connectivity index (χ3v) is 6.13. The van der Waals surface area contributed by atoms with Crippen LogP contribution in [0.3, 0.4) is 0 Å². The van der Waals surface area contributed by atoms with Crippen molar-refractivity contribution in [2.45, 2.75) is 25.3 Å². The molecule has 0 aliphatic carbocycles. The number of benzene rings is 2. The van der Waals surface area contributed by atoms with Gasteiger partial charge in [0.15, 0.2) is 0 Å². The lowest BCUT2D eigenvalue weighted by molar-refractivity contribution is 0.746. The highest BCUT2D eigenvalue weighted by Gasteiger charge is 2.37. The average molecular weight is 355 g/mol. The van der Waals surface area contributed by atoms with Gasteiger partial charge in [-0.3, -0.25) is 0 Å². The van der Waals surface area contributed by atoms with Crippen LogP contribution in [0.2, 0.25) is 0 Å². The van der Waals surface area contributed by atoms with Crippen LogP contribution in [0.15, 0.2) is 63.6 Å². The van der Waals surface area contributed by atoms with Crippen LogP contribution in [0.4, 0.5) is 5.69 Å². The first kappa shape index (κ1) is 15.6. The minimum atomic E-state index is 0.887. The summed E-state index contributed by atoms with van der Waals surface area (Å²) in [6.07, 6.45) is 0. The Morgan fingerprint density at radius 3 is 2.62 bits per heavy atom. The smallest absolute Gasteiger partial charge is 0.315 e. The highest BCUT2D eigenvalue weighted by atomic mass is 32.2. The van der Waals surface area contributed by atoms with Crippen LogP contribution in [0, 0.1) is 0 Å². The van der Waals surface area contributed by atoms with Crippen molar-refractivity contribution in [1.29, 1.82) is 0 Å². The molecule has 2 aromatic carbocycles. The summed E-state index contributed by atoms with van der Waals surface area (Å²) in [7, 11) is 0. The van der Waals surface area contributed by atoms with Gasteiger partial charge >= 0.3 is 5.17 Å². The second kappa shape index (κ2) is 6.55. The highest BCUT2D eigenvalue weighted by molar-refractivity contribution is 8.14. The number of thiazole rings is 1. The monoisotopic (exact) mass is 354 g/mol. The minimum absolute atomic E-state index is 0.887. The molecule has 1 radical (unpaired) electrons. The fourth-order valence-electron chi connectivity index (χ4n) is 2.89. The number of hydrogen-bond acceptors (Lipinski definition) is 4. The summed E-state index contributed by atoms with van der Waals surface area (Å²) in [5, 5.41) is 10.1. The SMILES string of the molecule is CCn1/c(=N\N=C2/Sc3ccccc3[N+]2CC)sc2ccccc21. The Morgan fingerprint density at radius 2 is 1.79 bits per heavy atom. The molecule has 0 bridgehead atoms. The Bertz CT molecular complexity index is 984. The van der Waals surface area contributed by atoms with E-state index in [1.165, 1.54) is 20.8 Å². The van der Waals surface area contributed by atoms with E-state index in [1.54, 1.807) is 23.1 Å². The van der Waals surface area contributed by atoms with Crippen LogP contribution >= 0.6 is 23.1 Å². The lowest BCUT2D eigenvalue weighted by atomic mass is 10.3. The summed E-state index contributed by atoms with van der Waals surface area (Å²) in [6.45, 7) is 6.06. The molecule has 0 unspecified atom stereocenters. The van der Waals surface area contributed by atoms with Gasteiger partial charge in [-0.15, -0.1) is 5.10 Å². The number of nitrogens with zero attached hydrogens (tertiary/aromatic N) is 4. The molecule has 121 valence electrons. The molecular formula is C18H18N4S2+. The number of para-hydroxylation sites is 2. The molecule has 4 rings (SSSR count). The summed E-state index contributed by atoms with van der Waals surface area (Å²) in [5.41, 5.74) is 2.44. The molecule has 0 spiro atoms. The van der Waals surface area contributed by atoms with Crippen LogP contribution in [0.25, 0.3) is 10.2 Å². The quantitative estimate of drug-likeness (QED) is 0.504. The molecule has 24 heavy (non-hydrogen) atoms. The molecule has 4 nitrogen and oxygen atoms in total. The zero-order valence-corrected chi connectivity index (χ0v) is 15.3. The summed E-state index contributed by atoms with van der Waals surface area (Å²) in [5.74, 6) is 0. The maximum absolute atomic E-state index is 4.58. The molecule has 1 aliphatic heterocycles. The van der Waals surface area contributed by atoms with E-state index in [1.807, 2.05) is 0 Å². The van der Waals surface area contributed by atoms with Gasteiger partial charge in [0.1, 0.15) is 6.54 Å². The minimum Gasteiger partial charge on any atom is -0.315 e. The van der Waals surface area contributed by atoms with Gasteiger partial charge in [0.05, 0.1) is 15.1 Å². The van der Waals surface area contributed by atoms with E-state index in [-0.39, 0.29) is 0 Å². The molecule has 0 saturated carbocycles. The van der Waals surface area contributed by atoms with Gasteiger partial charge < -0.3 is 4.57 Å². The van der Waals surface area contributed by atoms with E-state index < -0.39 is 0 Å². The summed E-state index contributed by atoms with van der Waals surface area (Å²) < 4.78 is 3.46. The highest BCUT2D eigenvalue weighted by Crippen LogP contribution is 2.39. The number of aromatic nitrogens is 1. The number of thioether (sulfide) groups is 1. The zero-order valence-electron chi connectivity index (χ0n) is 13.6. The van der Waals surface area contributed by atoms with Gasteiger partial charge in [0.25, 0.3) is 0 Å². The molecule has 0 fully saturated rings. The van der Waals surface area contributed by atoms with Crippen molar-refractivity contribution >= 4 is 44.2 Å². The van der Waals surface area contributed by atoms with Gasteiger partial charge in [-0.05, 0) is 32.0 Å². The molecule has 1 aromatic heterocycles.